The van der Waals surface area contributed by atoms with Crippen LogP contribution in [0.3, 0.4) is 0 Å². The number of aliphatic imine (C=N–C) groups is 1. The molecular weight excluding hydrogens is 441 g/mol. The largest absolute Gasteiger partial charge is 0.383 e. The van der Waals surface area contributed by atoms with Crippen LogP contribution in [-0.4, -0.2) is 24.2 Å². The second-order valence-corrected chi connectivity index (χ2v) is 7.28. The Morgan fingerprint density at radius 2 is 2.04 bits per heavy atom. The summed E-state index contributed by atoms with van der Waals surface area (Å²) in [5.74, 6) is 0.729. The summed E-state index contributed by atoms with van der Waals surface area (Å²) in [4.78, 5) is 6.81. The number of hydrogen-bond acceptors (Lipinski definition) is 4. The molecule has 2 aromatic heterocycles. The van der Waals surface area contributed by atoms with Crippen molar-refractivity contribution >= 4 is 52.6 Å². The van der Waals surface area contributed by atoms with Gasteiger partial charge in [0.25, 0.3) is 0 Å². The van der Waals surface area contributed by atoms with Crippen molar-refractivity contribution in [2.75, 3.05) is 13.1 Å². The summed E-state index contributed by atoms with van der Waals surface area (Å²) >= 11 is 3.28. The lowest BCUT2D eigenvalue weighted by Gasteiger charge is -2.23. The van der Waals surface area contributed by atoms with Crippen LogP contribution in [0.2, 0.25) is 0 Å². The molecular formula is C16H24IN3OS2. The molecule has 128 valence electrons. The van der Waals surface area contributed by atoms with Crippen molar-refractivity contribution in [3.63, 3.8) is 0 Å². The van der Waals surface area contributed by atoms with Crippen LogP contribution < -0.4 is 10.6 Å². The van der Waals surface area contributed by atoms with E-state index in [0.717, 1.165) is 17.4 Å². The van der Waals surface area contributed by atoms with Crippen LogP contribution in [0.1, 0.15) is 29.2 Å². The molecule has 0 fully saturated rings. The topological polar surface area (TPSA) is 56.7 Å². The molecule has 1 unspecified atom stereocenters. The zero-order valence-electron chi connectivity index (χ0n) is 13.6. The molecule has 0 aliphatic carbocycles. The maximum Gasteiger partial charge on any atom is 0.191 e. The van der Waals surface area contributed by atoms with Crippen LogP contribution in [0.5, 0.6) is 0 Å². The molecule has 23 heavy (non-hydrogen) atoms. The van der Waals surface area contributed by atoms with Crippen LogP contribution >= 0.6 is 46.7 Å². The fourth-order valence-corrected chi connectivity index (χ4v) is 3.60. The molecule has 2 heterocycles. The third-order valence-corrected chi connectivity index (χ3v) is 5.48. The van der Waals surface area contributed by atoms with Crippen molar-refractivity contribution in [2.24, 2.45) is 4.99 Å². The van der Waals surface area contributed by atoms with E-state index in [9.17, 15) is 5.11 Å². The number of guanidine groups is 1. The first-order valence-corrected chi connectivity index (χ1v) is 9.10. The molecule has 3 N–H and O–H groups in total. The fourth-order valence-electron chi connectivity index (χ4n) is 1.99. The van der Waals surface area contributed by atoms with Crippen molar-refractivity contribution in [3.8, 4) is 0 Å². The summed E-state index contributed by atoms with van der Waals surface area (Å²) in [6.45, 7) is 7.81. The van der Waals surface area contributed by atoms with Gasteiger partial charge in [0.15, 0.2) is 5.96 Å². The van der Waals surface area contributed by atoms with Crippen molar-refractivity contribution in [3.05, 3.63) is 44.3 Å². The van der Waals surface area contributed by atoms with E-state index < -0.39 is 5.60 Å². The van der Waals surface area contributed by atoms with E-state index in [-0.39, 0.29) is 24.0 Å². The Morgan fingerprint density at radius 3 is 2.61 bits per heavy atom. The summed E-state index contributed by atoms with van der Waals surface area (Å²) in [7, 11) is 0. The highest BCUT2D eigenvalue weighted by Crippen LogP contribution is 2.24. The van der Waals surface area contributed by atoms with Gasteiger partial charge in [-0.25, -0.2) is 4.99 Å². The molecule has 4 nitrogen and oxygen atoms in total. The minimum Gasteiger partial charge on any atom is -0.383 e. The highest BCUT2D eigenvalue weighted by Gasteiger charge is 2.24. The molecule has 7 heteroatoms. The molecule has 0 saturated carbocycles. The lowest BCUT2D eigenvalue weighted by atomic mass is 10.1. The third-order valence-electron chi connectivity index (χ3n) is 3.35. The normalized spacial score (nSPS) is 14.0. The maximum absolute atomic E-state index is 10.6. The lowest BCUT2D eigenvalue weighted by molar-refractivity contribution is 0.0655. The molecule has 1 atom stereocenters. The summed E-state index contributed by atoms with van der Waals surface area (Å²) < 4.78 is 0. The first kappa shape index (κ1) is 20.4. The Hall–Kier alpha value is -0.640. The fraction of sp³-hybridized carbons (Fsp3) is 0.438. The van der Waals surface area contributed by atoms with Crippen LogP contribution in [0.15, 0.2) is 34.0 Å². The number of aliphatic hydroxyl groups is 1. The van der Waals surface area contributed by atoms with Crippen LogP contribution in [0.25, 0.3) is 0 Å². The summed E-state index contributed by atoms with van der Waals surface area (Å²) in [5, 5.41) is 21.1. The average molecular weight is 465 g/mol. The number of nitrogens with zero attached hydrogens (tertiary/aromatic N) is 1. The van der Waals surface area contributed by atoms with Gasteiger partial charge in [-0.2, -0.15) is 0 Å². The highest BCUT2D eigenvalue weighted by molar-refractivity contribution is 14.0. The van der Waals surface area contributed by atoms with Gasteiger partial charge in [0.1, 0.15) is 5.60 Å². The molecule has 0 amide bonds. The van der Waals surface area contributed by atoms with Crippen molar-refractivity contribution in [1.29, 1.82) is 0 Å². The molecule has 0 aliphatic heterocycles. The van der Waals surface area contributed by atoms with Gasteiger partial charge in [0.05, 0.1) is 13.1 Å². The number of thiophene rings is 2. The second kappa shape index (κ2) is 9.61. The van der Waals surface area contributed by atoms with Gasteiger partial charge in [0.2, 0.25) is 0 Å². The Morgan fingerprint density at radius 1 is 1.26 bits per heavy atom. The van der Waals surface area contributed by atoms with Crippen molar-refractivity contribution in [1.82, 2.24) is 10.6 Å². The number of rotatable bonds is 6. The first-order chi connectivity index (χ1) is 10.5. The molecule has 0 aromatic carbocycles. The van der Waals surface area contributed by atoms with E-state index in [1.54, 1.807) is 22.7 Å². The smallest absolute Gasteiger partial charge is 0.191 e. The Labute approximate surface area is 163 Å². The Bertz CT molecular complexity index is 609. The van der Waals surface area contributed by atoms with E-state index in [1.165, 1.54) is 10.4 Å². The summed E-state index contributed by atoms with van der Waals surface area (Å²) in [5.41, 5.74) is 0.374. The first-order valence-electron chi connectivity index (χ1n) is 7.34. The van der Waals surface area contributed by atoms with Crippen molar-refractivity contribution in [2.45, 2.75) is 32.9 Å². The van der Waals surface area contributed by atoms with Gasteiger partial charge in [-0.05, 0) is 49.2 Å². The van der Waals surface area contributed by atoms with E-state index in [4.69, 9.17) is 0 Å². The molecule has 2 aromatic rings. The maximum atomic E-state index is 10.6. The van der Waals surface area contributed by atoms with Crippen LogP contribution in [0, 0.1) is 6.92 Å². The van der Waals surface area contributed by atoms with E-state index in [2.05, 4.69) is 34.0 Å². The molecule has 0 saturated heterocycles. The SMILES string of the molecule is CCNC(=NCc1sccc1C)NCC(C)(O)c1cccs1.I. The molecule has 0 radical (unpaired) electrons. The summed E-state index contributed by atoms with van der Waals surface area (Å²) in [6, 6.07) is 6.01. The summed E-state index contributed by atoms with van der Waals surface area (Å²) in [6.07, 6.45) is 0. The zero-order valence-corrected chi connectivity index (χ0v) is 17.6. The molecule has 2 rings (SSSR count). The van der Waals surface area contributed by atoms with E-state index in [1.807, 2.05) is 31.4 Å². The highest BCUT2D eigenvalue weighted by atomic mass is 127. The number of nitrogens with one attached hydrogen (secondary N) is 2. The second-order valence-electron chi connectivity index (χ2n) is 5.33. The molecule has 0 spiro atoms. The van der Waals surface area contributed by atoms with Crippen LogP contribution in [0.4, 0.5) is 0 Å². The minimum absolute atomic E-state index is 0. The van der Waals surface area contributed by atoms with Gasteiger partial charge < -0.3 is 15.7 Å². The standard InChI is InChI=1S/C16H23N3OS2.HI/c1-4-17-15(18-10-13-12(2)7-9-21-13)19-11-16(3,20)14-6-5-8-22-14;/h5-9,20H,4,10-11H2,1-3H3,(H2,17,18,19);1H. The van der Waals surface area contributed by atoms with Gasteiger partial charge in [-0.3, -0.25) is 0 Å². The Kier molecular flexibility index (Phi) is 8.52. The minimum atomic E-state index is -0.900. The van der Waals surface area contributed by atoms with Crippen LogP contribution in [-0.2, 0) is 12.1 Å². The van der Waals surface area contributed by atoms with E-state index >= 15 is 0 Å². The lowest BCUT2D eigenvalue weighted by Crippen LogP contribution is -2.44. The third kappa shape index (κ3) is 6.06. The predicted molar refractivity (Wildman–Crippen MR) is 111 cm³/mol. The monoisotopic (exact) mass is 465 g/mol. The molecule has 0 aliphatic rings. The molecule has 0 bridgehead atoms. The average Bonchev–Trinajstić information content (AvgIpc) is 3.14. The van der Waals surface area contributed by atoms with E-state index in [0.29, 0.717) is 13.1 Å². The predicted octanol–water partition coefficient (Wildman–Crippen LogP) is 3.70. The van der Waals surface area contributed by atoms with Gasteiger partial charge >= 0.3 is 0 Å². The number of aryl methyl sites for hydroxylation is 1. The Balaban J connectivity index is 0.00000264. The number of hydrogen-bond donors (Lipinski definition) is 3. The van der Waals surface area contributed by atoms with Gasteiger partial charge in [-0.15, -0.1) is 46.7 Å². The van der Waals surface area contributed by atoms with Crippen molar-refractivity contribution < 1.29 is 5.11 Å². The number of halogens is 1. The van der Waals surface area contributed by atoms with Gasteiger partial charge in [0, 0.05) is 16.3 Å². The quantitative estimate of drug-likeness (QED) is 0.347. The van der Waals surface area contributed by atoms with Gasteiger partial charge in [-0.1, -0.05) is 6.07 Å². The zero-order chi connectivity index (χ0) is 16.0.